The van der Waals surface area contributed by atoms with Gasteiger partial charge in [0.25, 0.3) is 5.91 Å². The minimum absolute atomic E-state index is 0.226. The van der Waals surface area contributed by atoms with Gasteiger partial charge in [-0.05, 0) is 60.9 Å². The van der Waals surface area contributed by atoms with E-state index in [-0.39, 0.29) is 5.91 Å². The fourth-order valence-corrected chi connectivity index (χ4v) is 4.34. The van der Waals surface area contributed by atoms with Crippen LogP contribution in [-0.2, 0) is 6.54 Å². The van der Waals surface area contributed by atoms with E-state index in [0.717, 1.165) is 25.3 Å². The average Bonchev–Trinajstić information content (AvgIpc) is 3.10. The molecule has 1 amide bonds. The van der Waals surface area contributed by atoms with Crippen LogP contribution in [0.15, 0.2) is 22.0 Å². The third-order valence-electron chi connectivity index (χ3n) is 4.39. The number of nitrogens with zero attached hydrogens (tertiary/aromatic N) is 2. The first-order valence-corrected chi connectivity index (χ1v) is 10.8. The molecule has 1 aliphatic rings. The lowest BCUT2D eigenvalue weighted by Crippen LogP contribution is -2.29. The highest BCUT2D eigenvalue weighted by Gasteiger charge is 2.17. The van der Waals surface area contributed by atoms with E-state index in [1.54, 1.807) is 19.2 Å². The Morgan fingerprint density at radius 2 is 2.11 bits per heavy atom. The molecule has 0 radical (unpaired) electrons. The third-order valence-corrected chi connectivity index (χ3v) is 5.78. The SMILES string of the molecule is CCOc1c(Br)cc(C(=O)Nc2nc(CN3CCCCC3)cs2)cc1OC. The van der Waals surface area contributed by atoms with Gasteiger partial charge in [0.05, 0.1) is 23.9 Å². The molecule has 1 aliphatic heterocycles. The van der Waals surface area contributed by atoms with Crippen molar-refractivity contribution in [3.63, 3.8) is 0 Å². The highest BCUT2D eigenvalue weighted by Crippen LogP contribution is 2.37. The molecule has 146 valence electrons. The van der Waals surface area contributed by atoms with Crippen molar-refractivity contribution < 1.29 is 14.3 Å². The van der Waals surface area contributed by atoms with Gasteiger partial charge in [0.15, 0.2) is 16.6 Å². The molecule has 0 spiro atoms. The van der Waals surface area contributed by atoms with Crippen molar-refractivity contribution in [1.29, 1.82) is 0 Å². The number of halogens is 1. The Kier molecular flexibility index (Phi) is 7.09. The number of rotatable bonds is 7. The standard InChI is InChI=1S/C19H24BrN3O3S/c1-3-26-17-15(20)9-13(10-16(17)25-2)18(24)22-19-21-14(12-27-19)11-23-7-5-4-6-8-23/h9-10,12H,3-8,11H2,1-2H3,(H,21,22,24). The lowest BCUT2D eigenvalue weighted by atomic mass is 10.1. The molecule has 6 nitrogen and oxygen atoms in total. The summed E-state index contributed by atoms with van der Waals surface area (Å²) in [6.45, 7) is 5.50. The zero-order chi connectivity index (χ0) is 19.2. The number of thiazole rings is 1. The van der Waals surface area contributed by atoms with E-state index < -0.39 is 0 Å². The van der Waals surface area contributed by atoms with Gasteiger partial charge in [-0.1, -0.05) is 6.42 Å². The summed E-state index contributed by atoms with van der Waals surface area (Å²) in [7, 11) is 1.56. The highest BCUT2D eigenvalue weighted by atomic mass is 79.9. The van der Waals surface area contributed by atoms with E-state index in [4.69, 9.17) is 9.47 Å². The Bertz CT molecular complexity index is 791. The van der Waals surface area contributed by atoms with Gasteiger partial charge in [0, 0.05) is 17.5 Å². The summed E-state index contributed by atoms with van der Waals surface area (Å²) in [5, 5.41) is 5.50. The van der Waals surface area contributed by atoms with E-state index in [9.17, 15) is 4.79 Å². The normalized spacial score (nSPS) is 14.8. The predicted molar refractivity (Wildman–Crippen MR) is 111 cm³/mol. The number of hydrogen-bond acceptors (Lipinski definition) is 6. The Hall–Kier alpha value is -1.64. The number of piperidine rings is 1. The molecule has 1 N–H and O–H groups in total. The molecule has 0 aliphatic carbocycles. The van der Waals surface area contributed by atoms with Crippen LogP contribution in [0.1, 0.15) is 42.2 Å². The summed E-state index contributed by atoms with van der Waals surface area (Å²) in [5.41, 5.74) is 1.48. The zero-order valence-electron chi connectivity index (χ0n) is 15.6. The number of methoxy groups -OCH3 is 1. The zero-order valence-corrected chi connectivity index (χ0v) is 18.0. The molecule has 3 rings (SSSR count). The lowest BCUT2D eigenvalue weighted by Gasteiger charge is -2.25. The van der Waals surface area contributed by atoms with Crippen LogP contribution >= 0.6 is 27.3 Å². The molecular formula is C19H24BrN3O3S. The molecule has 27 heavy (non-hydrogen) atoms. The maximum Gasteiger partial charge on any atom is 0.257 e. The summed E-state index contributed by atoms with van der Waals surface area (Å²) in [5.74, 6) is 0.881. The minimum Gasteiger partial charge on any atom is -0.493 e. The smallest absolute Gasteiger partial charge is 0.257 e. The molecule has 1 aromatic heterocycles. The van der Waals surface area contributed by atoms with Gasteiger partial charge in [0.2, 0.25) is 0 Å². The molecule has 1 fully saturated rings. The van der Waals surface area contributed by atoms with Gasteiger partial charge in [0.1, 0.15) is 0 Å². The number of carbonyl (C=O) groups is 1. The van der Waals surface area contributed by atoms with Crippen LogP contribution in [0, 0.1) is 0 Å². The van der Waals surface area contributed by atoms with E-state index >= 15 is 0 Å². The number of benzene rings is 1. The van der Waals surface area contributed by atoms with E-state index in [1.807, 2.05) is 12.3 Å². The number of carbonyl (C=O) groups excluding carboxylic acids is 1. The summed E-state index contributed by atoms with van der Waals surface area (Å²) in [6, 6.07) is 3.40. The number of ether oxygens (including phenoxy) is 2. The van der Waals surface area contributed by atoms with E-state index in [0.29, 0.717) is 33.3 Å². The van der Waals surface area contributed by atoms with Crippen LogP contribution in [0.25, 0.3) is 0 Å². The average molecular weight is 454 g/mol. The van der Waals surface area contributed by atoms with Crippen LogP contribution in [0.4, 0.5) is 5.13 Å². The molecule has 0 bridgehead atoms. The van der Waals surface area contributed by atoms with Crippen molar-refractivity contribution in [2.24, 2.45) is 0 Å². The van der Waals surface area contributed by atoms with Crippen LogP contribution in [-0.4, -0.2) is 42.6 Å². The second kappa shape index (κ2) is 9.52. The molecule has 1 saturated heterocycles. The molecule has 8 heteroatoms. The monoisotopic (exact) mass is 453 g/mol. The van der Waals surface area contributed by atoms with Gasteiger partial charge < -0.3 is 9.47 Å². The van der Waals surface area contributed by atoms with Crippen LogP contribution in [0.3, 0.4) is 0 Å². The van der Waals surface area contributed by atoms with Gasteiger partial charge in [-0.2, -0.15) is 0 Å². The third kappa shape index (κ3) is 5.21. The number of likely N-dealkylation sites (tertiary alicyclic amines) is 1. The summed E-state index contributed by atoms with van der Waals surface area (Å²) in [6.07, 6.45) is 3.82. The Morgan fingerprint density at radius 3 is 2.81 bits per heavy atom. The van der Waals surface area contributed by atoms with Crippen molar-refractivity contribution in [3.05, 3.63) is 33.2 Å². The predicted octanol–water partition coefficient (Wildman–Crippen LogP) is 4.55. The Balaban J connectivity index is 1.67. The van der Waals surface area contributed by atoms with E-state index in [2.05, 4.69) is 31.1 Å². The maximum atomic E-state index is 12.6. The fraction of sp³-hybridized carbons (Fsp3) is 0.474. The van der Waals surface area contributed by atoms with Crippen molar-refractivity contribution >= 4 is 38.3 Å². The Morgan fingerprint density at radius 1 is 1.33 bits per heavy atom. The minimum atomic E-state index is -0.226. The van der Waals surface area contributed by atoms with Crippen molar-refractivity contribution in [2.75, 3.05) is 32.1 Å². The van der Waals surface area contributed by atoms with Gasteiger partial charge in [-0.3, -0.25) is 15.0 Å². The van der Waals surface area contributed by atoms with E-state index in [1.165, 1.54) is 30.6 Å². The topological polar surface area (TPSA) is 63.7 Å². The van der Waals surface area contributed by atoms with Crippen LogP contribution < -0.4 is 14.8 Å². The summed E-state index contributed by atoms with van der Waals surface area (Å²) in [4.78, 5) is 19.6. The first-order valence-electron chi connectivity index (χ1n) is 9.09. The number of anilines is 1. The summed E-state index contributed by atoms with van der Waals surface area (Å²) < 4.78 is 11.6. The molecular weight excluding hydrogens is 430 g/mol. The second-order valence-electron chi connectivity index (χ2n) is 6.36. The fourth-order valence-electron chi connectivity index (χ4n) is 3.09. The van der Waals surface area contributed by atoms with Gasteiger partial charge >= 0.3 is 0 Å². The number of hydrogen-bond donors (Lipinski definition) is 1. The van der Waals surface area contributed by atoms with Gasteiger partial charge in [-0.25, -0.2) is 4.98 Å². The van der Waals surface area contributed by atoms with Crippen LogP contribution in [0.2, 0.25) is 0 Å². The highest BCUT2D eigenvalue weighted by molar-refractivity contribution is 9.10. The molecule has 0 atom stereocenters. The second-order valence-corrected chi connectivity index (χ2v) is 8.07. The Labute approximate surface area is 172 Å². The first kappa shape index (κ1) is 20.1. The lowest BCUT2D eigenvalue weighted by molar-refractivity contribution is 0.102. The van der Waals surface area contributed by atoms with Crippen molar-refractivity contribution in [2.45, 2.75) is 32.7 Å². The molecule has 0 unspecified atom stereocenters. The number of amides is 1. The molecule has 1 aromatic carbocycles. The summed E-state index contributed by atoms with van der Waals surface area (Å²) >= 11 is 4.90. The largest absolute Gasteiger partial charge is 0.493 e. The van der Waals surface area contributed by atoms with Crippen LogP contribution in [0.5, 0.6) is 11.5 Å². The molecule has 0 saturated carbocycles. The molecule has 2 heterocycles. The molecule has 2 aromatic rings. The van der Waals surface area contributed by atoms with Gasteiger partial charge in [-0.15, -0.1) is 11.3 Å². The maximum absolute atomic E-state index is 12.6. The quantitative estimate of drug-likeness (QED) is 0.665. The van der Waals surface area contributed by atoms with Crippen molar-refractivity contribution in [3.8, 4) is 11.5 Å². The first-order chi connectivity index (χ1) is 13.1. The van der Waals surface area contributed by atoms with Crippen molar-refractivity contribution in [1.82, 2.24) is 9.88 Å². The number of nitrogens with one attached hydrogen (secondary N) is 1. The number of aromatic nitrogens is 1.